The van der Waals surface area contributed by atoms with Crippen LogP contribution in [0.3, 0.4) is 0 Å². The molecule has 1 aliphatic rings. The molecule has 0 aliphatic carbocycles. The normalized spacial score (nSPS) is 17.5. The number of hydrogen-bond acceptors (Lipinski definition) is 3. The Morgan fingerprint density at radius 1 is 1.36 bits per heavy atom. The predicted molar refractivity (Wildman–Crippen MR) is 89.5 cm³/mol. The molecular weight excluding hydrogens is 300 g/mol. The summed E-state index contributed by atoms with van der Waals surface area (Å²) in [5, 5.41) is 4.29. The standard InChI is InChI=1S/C17H25ClN2O2/c1-3-15(12-22-2)19-16-8-10-20(11-9-16)17(21)13-4-6-14(18)7-5-13/h4-7,15-16,19H,3,8-12H2,1-2H3. The van der Waals surface area contributed by atoms with Crippen molar-refractivity contribution in [2.75, 3.05) is 26.8 Å². The first-order chi connectivity index (χ1) is 10.6. The molecule has 5 heteroatoms. The van der Waals surface area contributed by atoms with Crippen LogP contribution >= 0.6 is 11.6 Å². The van der Waals surface area contributed by atoms with Crippen molar-refractivity contribution in [3.63, 3.8) is 0 Å². The van der Waals surface area contributed by atoms with E-state index in [4.69, 9.17) is 16.3 Å². The Balaban J connectivity index is 1.83. The number of hydrogen-bond donors (Lipinski definition) is 1. The highest BCUT2D eigenvalue weighted by atomic mass is 35.5. The van der Waals surface area contributed by atoms with Gasteiger partial charge in [0.2, 0.25) is 0 Å². The molecule has 2 rings (SSSR count). The van der Waals surface area contributed by atoms with E-state index in [0.717, 1.165) is 39.0 Å². The molecule has 1 fully saturated rings. The van der Waals surface area contributed by atoms with E-state index in [1.807, 2.05) is 4.90 Å². The third-order valence-corrected chi connectivity index (χ3v) is 4.46. The fraction of sp³-hybridized carbons (Fsp3) is 0.588. The highest BCUT2D eigenvalue weighted by Gasteiger charge is 2.24. The largest absolute Gasteiger partial charge is 0.383 e. The number of nitrogens with one attached hydrogen (secondary N) is 1. The molecule has 1 atom stereocenters. The van der Waals surface area contributed by atoms with Crippen molar-refractivity contribution in [2.45, 2.75) is 38.3 Å². The predicted octanol–water partition coefficient (Wildman–Crippen LogP) is 2.96. The van der Waals surface area contributed by atoms with Crippen molar-refractivity contribution >= 4 is 17.5 Å². The number of ether oxygens (including phenoxy) is 1. The van der Waals surface area contributed by atoms with E-state index < -0.39 is 0 Å². The highest BCUT2D eigenvalue weighted by molar-refractivity contribution is 6.30. The van der Waals surface area contributed by atoms with Crippen LogP contribution in [0.5, 0.6) is 0 Å². The molecule has 1 N–H and O–H groups in total. The minimum absolute atomic E-state index is 0.0963. The molecule has 1 aromatic carbocycles. The number of piperidine rings is 1. The summed E-state index contributed by atoms with van der Waals surface area (Å²) in [6.07, 6.45) is 3.02. The molecule has 1 unspecified atom stereocenters. The zero-order valence-corrected chi connectivity index (χ0v) is 14.1. The number of nitrogens with zero attached hydrogens (tertiary/aromatic N) is 1. The minimum atomic E-state index is 0.0963. The van der Waals surface area contributed by atoms with Crippen molar-refractivity contribution in [2.24, 2.45) is 0 Å². The zero-order valence-electron chi connectivity index (χ0n) is 13.3. The van der Waals surface area contributed by atoms with Crippen molar-refractivity contribution < 1.29 is 9.53 Å². The fourth-order valence-electron chi connectivity index (χ4n) is 2.84. The molecule has 0 radical (unpaired) electrons. The lowest BCUT2D eigenvalue weighted by Gasteiger charge is -2.34. The number of methoxy groups -OCH3 is 1. The second-order valence-electron chi connectivity index (χ2n) is 5.80. The first-order valence-corrected chi connectivity index (χ1v) is 8.31. The average molecular weight is 325 g/mol. The van der Waals surface area contributed by atoms with Gasteiger partial charge < -0.3 is 15.0 Å². The summed E-state index contributed by atoms with van der Waals surface area (Å²) in [7, 11) is 1.73. The summed E-state index contributed by atoms with van der Waals surface area (Å²) in [4.78, 5) is 14.4. The maximum absolute atomic E-state index is 12.4. The smallest absolute Gasteiger partial charge is 0.253 e. The van der Waals surface area contributed by atoms with Crippen LogP contribution in [0.2, 0.25) is 5.02 Å². The van der Waals surface area contributed by atoms with E-state index in [-0.39, 0.29) is 5.91 Å². The van der Waals surface area contributed by atoms with E-state index in [0.29, 0.717) is 22.7 Å². The van der Waals surface area contributed by atoms with Gasteiger partial charge in [0, 0.05) is 42.9 Å². The molecule has 4 nitrogen and oxygen atoms in total. The Labute approximate surface area is 137 Å². The monoisotopic (exact) mass is 324 g/mol. The number of likely N-dealkylation sites (tertiary alicyclic amines) is 1. The molecule has 1 aromatic rings. The van der Waals surface area contributed by atoms with Gasteiger partial charge in [-0.05, 0) is 43.5 Å². The fourth-order valence-corrected chi connectivity index (χ4v) is 2.97. The van der Waals surface area contributed by atoms with E-state index >= 15 is 0 Å². The first-order valence-electron chi connectivity index (χ1n) is 7.93. The molecule has 0 saturated carbocycles. The topological polar surface area (TPSA) is 41.6 Å². The number of benzene rings is 1. The van der Waals surface area contributed by atoms with Gasteiger partial charge in [0.05, 0.1) is 6.61 Å². The van der Waals surface area contributed by atoms with Gasteiger partial charge >= 0.3 is 0 Å². The minimum Gasteiger partial charge on any atom is -0.383 e. The maximum Gasteiger partial charge on any atom is 0.253 e. The van der Waals surface area contributed by atoms with Crippen molar-refractivity contribution in [1.29, 1.82) is 0 Å². The van der Waals surface area contributed by atoms with E-state index in [1.54, 1.807) is 31.4 Å². The number of amides is 1. The van der Waals surface area contributed by atoms with Crippen LogP contribution in [0, 0.1) is 0 Å². The first kappa shape index (κ1) is 17.3. The van der Waals surface area contributed by atoms with Crippen LogP contribution in [-0.2, 0) is 4.74 Å². The summed E-state index contributed by atoms with van der Waals surface area (Å²) in [5.74, 6) is 0.0963. The molecule has 1 amide bonds. The molecule has 0 aromatic heterocycles. The second kappa shape index (κ2) is 8.51. The number of carbonyl (C=O) groups is 1. The Morgan fingerprint density at radius 3 is 2.55 bits per heavy atom. The quantitative estimate of drug-likeness (QED) is 0.874. The molecule has 122 valence electrons. The number of carbonyl (C=O) groups excluding carboxylic acids is 1. The van der Waals surface area contributed by atoms with Crippen molar-refractivity contribution in [3.8, 4) is 0 Å². The molecule has 1 saturated heterocycles. The maximum atomic E-state index is 12.4. The van der Waals surface area contributed by atoms with Crippen molar-refractivity contribution in [1.82, 2.24) is 10.2 Å². The number of rotatable bonds is 6. The third-order valence-electron chi connectivity index (χ3n) is 4.21. The van der Waals surface area contributed by atoms with Crippen molar-refractivity contribution in [3.05, 3.63) is 34.9 Å². The van der Waals surface area contributed by atoms with Gasteiger partial charge in [-0.15, -0.1) is 0 Å². The Morgan fingerprint density at radius 2 is 2.00 bits per heavy atom. The van der Waals surface area contributed by atoms with E-state index in [2.05, 4.69) is 12.2 Å². The van der Waals surface area contributed by atoms with Crippen LogP contribution in [0.25, 0.3) is 0 Å². The molecular formula is C17H25ClN2O2. The molecule has 1 heterocycles. The van der Waals surface area contributed by atoms with Gasteiger partial charge in [0.1, 0.15) is 0 Å². The number of halogens is 1. The summed E-state index contributed by atoms with van der Waals surface area (Å²) in [6.45, 7) is 4.49. The van der Waals surface area contributed by atoms with Gasteiger partial charge in [-0.2, -0.15) is 0 Å². The third kappa shape index (κ3) is 4.70. The van der Waals surface area contributed by atoms with Crippen LogP contribution in [-0.4, -0.2) is 49.7 Å². The van der Waals surface area contributed by atoms with Crippen LogP contribution in [0.15, 0.2) is 24.3 Å². The second-order valence-corrected chi connectivity index (χ2v) is 6.24. The van der Waals surface area contributed by atoms with Gasteiger partial charge in [-0.1, -0.05) is 18.5 Å². The van der Waals surface area contributed by atoms with E-state index in [9.17, 15) is 4.79 Å². The van der Waals surface area contributed by atoms with Gasteiger partial charge in [-0.25, -0.2) is 0 Å². The average Bonchev–Trinajstić information content (AvgIpc) is 2.55. The summed E-state index contributed by atoms with van der Waals surface area (Å²) in [5.41, 5.74) is 0.710. The zero-order chi connectivity index (χ0) is 15.9. The van der Waals surface area contributed by atoms with Crippen LogP contribution in [0.4, 0.5) is 0 Å². The lowest BCUT2D eigenvalue weighted by atomic mass is 10.0. The highest BCUT2D eigenvalue weighted by Crippen LogP contribution is 2.16. The Kier molecular flexibility index (Phi) is 6.68. The summed E-state index contributed by atoms with van der Waals surface area (Å²) >= 11 is 5.87. The molecule has 0 bridgehead atoms. The molecule has 22 heavy (non-hydrogen) atoms. The van der Waals surface area contributed by atoms with Gasteiger partial charge in [0.25, 0.3) is 5.91 Å². The summed E-state index contributed by atoms with van der Waals surface area (Å²) < 4.78 is 5.23. The lowest BCUT2D eigenvalue weighted by Crippen LogP contribution is -2.48. The van der Waals surface area contributed by atoms with Gasteiger partial charge in [-0.3, -0.25) is 4.79 Å². The van der Waals surface area contributed by atoms with Gasteiger partial charge in [0.15, 0.2) is 0 Å². The Hall–Kier alpha value is -1.10. The van der Waals surface area contributed by atoms with E-state index in [1.165, 1.54) is 0 Å². The molecule has 1 aliphatic heterocycles. The van der Waals surface area contributed by atoms with Crippen LogP contribution < -0.4 is 5.32 Å². The Bertz CT molecular complexity index is 470. The lowest BCUT2D eigenvalue weighted by molar-refractivity contribution is 0.0693. The SMILES string of the molecule is CCC(COC)NC1CCN(C(=O)c2ccc(Cl)cc2)CC1. The summed E-state index contributed by atoms with van der Waals surface area (Å²) in [6, 6.07) is 7.98. The molecule has 0 spiro atoms. The van der Waals surface area contributed by atoms with Crippen LogP contribution in [0.1, 0.15) is 36.5 Å².